The number of amides is 1. The van der Waals surface area contributed by atoms with Gasteiger partial charge in [-0.15, -0.1) is 12.4 Å². The first-order valence-electron chi connectivity index (χ1n) is 6.66. The van der Waals surface area contributed by atoms with Crippen LogP contribution in [0, 0.1) is 5.92 Å². The molecule has 0 aromatic heterocycles. The molecule has 1 saturated heterocycles. The predicted octanol–water partition coefficient (Wildman–Crippen LogP) is 2.13. The number of halogens is 2. The zero-order valence-corrected chi connectivity index (χ0v) is 13.5. The molecule has 1 unspecified atom stereocenters. The van der Waals surface area contributed by atoms with Gasteiger partial charge in [0.1, 0.15) is 0 Å². The minimum Gasteiger partial charge on any atom is -0.398 e. The van der Waals surface area contributed by atoms with Crippen LogP contribution in [0.3, 0.4) is 0 Å². The van der Waals surface area contributed by atoms with Gasteiger partial charge in [-0.25, -0.2) is 0 Å². The summed E-state index contributed by atoms with van der Waals surface area (Å²) < 4.78 is 5.63. The van der Waals surface area contributed by atoms with Gasteiger partial charge in [0.05, 0.1) is 16.8 Å². The lowest BCUT2D eigenvalue weighted by atomic mass is 9.85. The second-order valence-electron chi connectivity index (χ2n) is 5.07. The number of hydrogen-bond acceptors (Lipinski definition) is 4. The third-order valence-electron chi connectivity index (χ3n) is 3.81. The summed E-state index contributed by atoms with van der Waals surface area (Å²) in [6.07, 6.45) is 1.78. The molecule has 1 heterocycles. The van der Waals surface area contributed by atoms with Crippen molar-refractivity contribution >= 4 is 35.6 Å². The van der Waals surface area contributed by atoms with E-state index in [-0.39, 0.29) is 18.5 Å². The van der Waals surface area contributed by atoms with Crippen LogP contribution in [0.5, 0.6) is 0 Å². The molecule has 1 aliphatic rings. The first-order valence-corrected chi connectivity index (χ1v) is 7.04. The first-order chi connectivity index (χ1) is 9.54. The molecule has 0 bridgehead atoms. The van der Waals surface area contributed by atoms with Gasteiger partial charge in [-0.1, -0.05) is 11.6 Å². The van der Waals surface area contributed by atoms with E-state index in [0.29, 0.717) is 22.2 Å². The molecule has 0 spiro atoms. The maximum absolute atomic E-state index is 11.6. The number of benzene rings is 1. The molecule has 7 heteroatoms. The van der Waals surface area contributed by atoms with Crippen molar-refractivity contribution in [1.29, 1.82) is 0 Å². The highest BCUT2D eigenvalue weighted by Gasteiger charge is 2.28. The van der Waals surface area contributed by atoms with E-state index in [2.05, 4.69) is 5.32 Å². The van der Waals surface area contributed by atoms with Gasteiger partial charge < -0.3 is 21.5 Å². The molecule has 0 radical (unpaired) electrons. The summed E-state index contributed by atoms with van der Waals surface area (Å²) in [6, 6.07) is 3.24. The van der Waals surface area contributed by atoms with E-state index in [1.165, 1.54) is 6.07 Å². The van der Waals surface area contributed by atoms with Crippen LogP contribution in [0.25, 0.3) is 0 Å². The SMILES string of the molecule is COC(c1cc(N)c(Cl)cc1C(N)=O)C1CCNCC1.Cl. The summed E-state index contributed by atoms with van der Waals surface area (Å²) in [5.74, 6) is -0.183. The highest BCUT2D eigenvalue weighted by Crippen LogP contribution is 2.36. The maximum atomic E-state index is 11.6. The quantitative estimate of drug-likeness (QED) is 0.736. The lowest BCUT2D eigenvalue weighted by molar-refractivity contribution is 0.0376. The van der Waals surface area contributed by atoms with E-state index in [4.69, 9.17) is 27.8 Å². The Morgan fingerprint density at radius 3 is 2.57 bits per heavy atom. The van der Waals surface area contributed by atoms with Crippen LogP contribution in [-0.2, 0) is 4.74 Å². The summed E-state index contributed by atoms with van der Waals surface area (Å²) >= 11 is 5.98. The Balaban J connectivity index is 0.00000220. The van der Waals surface area contributed by atoms with Crippen molar-refractivity contribution < 1.29 is 9.53 Å². The maximum Gasteiger partial charge on any atom is 0.249 e. The number of rotatable bonds is 4. The zero-order chi connectivity index (χ0) is 14.7. The van der Waals surface area contributed by atoms with Crippen molar-refractivity contribution in [3.8, 4) is 0 Å². The summed E-state index contributed by atoms with van der Waals surface area (Å²) in [5, 5.41) is 3.65. The smallest absolute Gasteiger partial charge is 0.249 e. The Bertz CT molecular complexity index is 505. The van der Waals surface area contributed by atoms with Crippen LogP contribution in [0.1, 0.15) is 34.9 Å². The normalized spacial score (nSPS) is 17.0. The summed E-state index contributed by atoms with van der Waals surface area (Å²) in [7, 11) is 1.64. The summed E-state index contributed by atoms with van der Waals surface area (Å²) in [6.45, 7) is 1.89. The van der Waals surface area contributed by atoms with Gasteiger partial charge in [0.15, 0.2) is 0 Å². The molecular weight excluding hydrogens is 313 g/mol. The van der Waals surface area contributed by atoms with Crippen LogP contribution in [-0.4, -0.2) is 26.1 Å². The highest BCUT2D eigenvalue weighted by atomic mass is 35.5. The van der Waals surface area contributed by atoms with Crippen LogP contribution in [0.15, 0.2) is 12.1 Å². The molecule has 2 rings (SSSR count). The number of carbonyl (C=O) groups excluding carboxylic acids is 1. The zero-order valence-electron chi connectivity index (χ0n) is 11.9. The Labute approximate surface area is 135 Å². The highest BCUT2D eigenvalue weighted by molar-refractivity contribution is 6.33. The van der Waals surface area contributed by atoms with Crippen molar-refractivity contribution in [2.24, 2.45) is 11.7 Å². The molecule has 5 nitrogen and oxygen atoms in total. The van der Waals surface area contributed by atoms with Crippen molar-refractivity contribution in [3.05, 3.63) is 28.3 Å². The van der Waals surface area contributed by atoms with Gasteiger partial charge in [0, 0.05) is 12.7 Å². The first kappa shape index (κ1) is 18.0. The minimum absolute atomic E-state index is 0. The van der Waals surface area contributed by atoms with Gasteiger partial charge >= 0.3 is 0 Å². The molecule has 1 amide bonds. The number of hydrogen-bond donors (Lipinski definition) is 3. The summed E-state index contributed by atoms with van der Waals surface area (Å²) in [4.78, 5) is 11.6. The van der Waals surface area contributed by atoms with Crippen LogP contribution >= 0.6 is 24.0 Å². The van der Waals surface area contributed by atoms with Crippen molar-refractivity contribution in [3.63, 3.8) is 0 Å². The number of ether oxygens (including phenoxy) is 1. The number of methoxy groups -OCH3 is 1. The lowest BCUT2D eigenvalue weighted by Gasteiger charge is -2.31. The second-order valence-corrected chi connectivity index (χ2v) is 5.48. The molecule has 1 aromatic carbocycles. The Morgan fingerprint density at radius 1 is 1.43 bits per heavy atom. The van der Waals surface area contributed by atoms with E-state index in [9.17, 15) is 4.79 Å². The standard InChI is InChI=1S/C14H20ClN3O2.ClH/c1-20-13(8-2-4-18-5-3-8)9-7-12(16)11(15)6-10(9)14(17)19;/h6-8,13,18H,2-5,16H2,1H3,(H2,17,19);1H. The summed E-state index contributed by atoms with van der Waals surface area (Å²) in [5.41, 5.74) is 12.9. The van der Waals surface area contributed by atoms with Gasteiger partial charge in [0.2, 0.25) is 5.91 Å². The van der Waals surface area contributed by atoms with E-state index >= 15 is 0 Å². The molecular formula is C14H21Cl2N3O2. The van der Waals surface area contributed by atoms with Crippen molar-refractivity contribution in [1.82, 2.24) is 5.32 Å². The fourth-order valence-corrected chi connectivity index (χ4v) is 2.94. The second kappa shape index (κ2) is 7.84. The molecule has 0 saturated carbocycles. The fourth-order valence-electron chi connectivity index (χ4n) is 2.78. The lowest BCUT2D eigenvalue weighted by Crippen LogP contribution is -2.32. The molecule has 5 N–H and O–H groups in total. The van der Waals surface area contributed by atoms with E-state index in [0.717, 1.165) is 31.5 Å². The van der Waals surface area contributed by atoms with E-state index in [1.54, 1.807) is 13.2 Å². The topological polar surface area (TPSA) is 90.4 Å². The van der Waals surface area contributed by atoms with Gasteiger partial charge in [-0.2, -0.15) is 0 Å². The number of carbonyl (C=O) groups is 1. The molecule has 1 aromatic rings. The average molecular weight is 334 g/mol. The van der Waals surface area contributed by atoms with Gasteiger partial charge in [0.25, 0.3) is 0 Å². The van der Waals surface area contributed by atoms with Crippen LogP contribution in [0.2, 0.25) is 5.02 Å². The number of nitrogen functional groups attached to an aromatic ring is 1. The molecule has 1 atom stereocenters. The van der Waals surface area contributed by atoms with Crippen LogP contribution in [0.4, 0.5) is 5.69 Å². The molecule has 1 aliphatic heterocycles. The van der Waals surface area contributed by atoms with Gasteiger partial charge in [-0.3, -0.25) is 4.79 Å². The van der Waals surface area contributed by atoms with E-state index in [1.807, 2.05) is 0 Å². The number of nitrogens with one attached hydrogen (secondary N) is 1. The number of piperidine rings is 1. The Hall–Kier alpha value is -1.01. The monoisotopic (exact) mass is 333 g/mol. The third-order valence-corrected chi connectivity index (χ3v) is 4.13. The third kappa shape index (κ3) is 4.01. The predicted molar refractivity (Wildman–Crippen MR) is 87.0 cm³/mol. The molecule has 0 aliphatic carbocycles. The number of primary amides is 1. The Morgan fingerprint density at radius 2 is 2.05 bits per heavy atom. The van der Waals surface area contributed by atoms with E-state index < -0.39 is 5.91 Å². The fraction of sp³-hybridized carbons (Fsp3) is 0.500. The van der Waals surface area contributed by atoms with Crippen LogP contribution < -0.4 is 16.8 Å². The molecule has 1 fully saturated rings. The van der Waals surface area contributed by atoms with Gasteiger partial charge in [-0.05, 0) is 49.5 Å². The van der Waals surface area contributed by atoms with Crippen molar-refractivity contribution in [2.45, 2.75) is 18.9 Å². The Kier molecular flexibility index (Phi) is 6.74. The minimum atomic E-state index is -0.516. The average Bonchev–Trinajstić information content (AvgIpc) is 2.44. The van der Waals surface area contributed by atoms with Crippen molar-refractivity contribution in [2.75, 3.05) is 25.9 Å². The largest absolute Gasteiger partial charge is 0.398 e. The molecule has 118 valence electrons. The molecule has 21 heavy (non-hydrogen) atoms. The number of nitrogens with two attached hydrogens (primary N) is 2. The number of anilines is 1.